The van der Waals surface area contributed by atoms with Crippen molar-refractivity contribution in [3.05, 3.63) is 46.5 Å². The van der Waals surface area contributed by atoms with Gasteiger partial charge in [0, 0.05) is 37.4 Å². The van der Waals surface area contributed by atoms with E-state index in [1.165, 1.54) is 27.5 Å². The van der Waals surface area contributed by atoms with Gasteiger partial charge in [0.2, 0.25) is 5.91 Å². The van der Waals surface area contributed by atoms with E-state index in [1.54, 1.807) is 13.2 Å². The average molecular weight is 372 g/mol. The molecule has 2 amide bonds. The molecule has 2 aromatic rings. The highest BCUT2D eigenvalue weighted by Crippen LogP contribution is 2.22. The number of hydrogen-bond donors (Lipinski definition) is 1. The topological polar surface area (TPSA) is 74.7 Å². The zero-order valence-corrected chi connectivity index (χ0v) is 16.4. The van der Waals surface area contributed by atoms with Gasteiger partial charge in [0.05, 0.1) is 0 Å². The van der Waals surface area contributed by atoms with Gasteiger partial charge in [-0.2, -0.15) is 5.10 Å². The zero-order valence-electron chi connectivity index (χ0n) is 15.6. The maximum atomic E-state index is 12.2. The Hall–Kier alpha value is -2.54. The fraction of sp³-hybridized carbons (Fsp3) is 0.368. The van der Waals surface area contributed by atoms with Crippen LogP contribution in [0.15, 0.2) is 35.6 Å². The number of aryl methyl sites for hydroxylation is 1. The summed E-state index contributed by atoms with van der Waals surface area (Å²) in [5, 5.41) is 8.53. The number of nitrogens with one attached hydrogen (secondary N) is 1. The summed E-state index contributed by atoms with van der Waals surface area (Å²) in [6, 6.07) is 8.35. The highest BCUT2D eigenvalue weighted by atomic mass is 32.1. The van der Waals surface area contributed by atoms with E-state index in [1.807, 2.05) is 13.8 Å². The number of carbonyl (C=O) groups excluding carboxylic acids is 2. The molecule has 1 N–H and O–H groups in total. The molecule has 0 spiro atoms. The van der Waals surface area contributed by atoms with Gasteiger partial charge >= 0.3 is 0 Å². The first-order valence-corrected chi connectivity index (χ1v) is 9.48. The maximum Gasteiger partial charge on any atom is 0.273 e. The van der Waals surface area contributed by atoms with Gasteiger partial charge in [-0.25, -0.2) is 9.99 Å². The van der Waals surface area contributed by atoms with Crippen molar-refractivity contribution in [1.82, 2.24) is 9.99 Å². The number of thiazole rings is 1. The molecule has 7 heteroatoms. The molecule has 0 radical (unpaired) electrons. The molecule has 1 aliphatic rings. The highest BCUT2D eigenvalue weighted by Gasteiger charge is 2.22. The second-order valence-corrected chi connectivity index (χ2v) is 6.83. The summed E-state index contributed by atoms with van der Waals surface area (Å²) >= 11 is 1.45. The third-order valence-corrected chi connectivity index (χ3v) is 4.66. The van der Waals surface area contributed by atoms with E-state index < -0.39 is 0 Å². The molecule has 6 nitrogen and oxygen atoms in total. The smallest absolute Gasteiger partial charge is 0.273 e. The van der Waals surface area contributed by atoms with Gasteiger partial charge < -0.3 is 0 Å². The quantitative estimate of drug-likeness (QED) is 0.891. The Morgan fingerprint density at radius 1 is 1.23 bits per heavy atom. The van der Waals surface area contributed by atoms with Crippen LogP contribution in [-0.4, -0.2) is 34.6 Å². The molecule has 0 fully saturated rings. The Morgan fingerprint density at radius 3 is 2.58 bits per heavy atom. The molecule has 2 heterocycles. The number of hydrazone groups is 1. The second kappa shape index (κ2) is 9.24. The summed E-state index contributed by atoms with van der Waals surface area (Å²) in [5.41, 5.74) is 2.79. The lowest BCUT2D eigenvalue weighted by molar-refractivity contribution is -0.130. The van der Waals surface area contributed by atoms with Crippen molar-refractivity contribution >= 4 is 34.0 Å². The zero-order chi connectivity index (χ0) is 19.1. The molecule has 26 heavy (non-hydrogen) atoms. The van der Waals surface area contributed by atoms with E-state index in [9.17, 15) is 9.59 Å². The number of anilines is 1. The number of amides is 2. The van der Waals surface area contributed by atoms with Crippen molar-refractivity contribution in [2.75, 3.05) is 12.4 Å². The standard InChI is InChI=1S/C17H18N4O2S.C2H6/c1-11-3-5-12(6-4-11)9-13-10-18-17(24-13)19-16(23)14-7-8-15(22)21(2)20-14;1-2/h3-6,10H,7-9H2,1-2H3,(H,18,19,23);1-2H3. The summed E-state index contributed by atoms with van der Waals surface area (Å²) in [4.78, 5) is 28.9. The molecule has 0 unspecified atom stereocenters. The molecule has 0 saturated heterocycles. The normalized spacial score (nSPS) is 13.6. The number of hydrogen-bond acceptors (Lipinski definition) is 5. The predicted molar refractivity (Wildman–Crippen MR) is 106 cm³/mol. The lowest BCUT2D eigenvalue weighted by Crippen LogP contribution is -2.34. The predicted octanol–water partition coefficient (Wildman–Crippen LogP) is 3.62. The van der Waals surface area contributed by atoms with E-state index in [4.69, 9.17) is 0 Å². The van der Waals surface area contributed by atoms with Crippen LogP contribution in [0.25, 0.3) is 0 Å². The maximum absolute atomic E-state index is 12.2. The van der Waals surface area contributed by atoms with Crippen LogP contribution in [0.5, 0.6) is 0 Å². The van der Waals surface area contributed by atoms with Gasteiger partial charge in [-0.15, -0.1) is 11.3 Å². The lowest BCUT2D eigenvalue weighted by Gasteiger charge is -2.18. The fourth-order valence-corrected chi connectivity index (χ4v) is 3.20. The minimum atomic E-state index is -0.300. The summed E-state index contributed by atoms with van der Waals surface area (Å²) in [6.45, 7) is 6.06. The largest absolute Gasteiger partial charge is 0.297 e. The monoisotopic (exact) mass is 372 g/mol. The van der Waals surface area contributed by atoms with E-state index in [0.717, 1.165) is 11.3 Å². The van der Waals surface area contributed by atoms with Crippen LogP contribution in [0.4, 0.5) is 5.13 Å². The number of rotatable bonds is 4. The van der Waals surface area contributed by atoms with E-state index in [-0.39, 0.29) is 11.8 Å². The summed E-state index contributed by atoms with van der Waals surface area (Å²) < 4.78 is 0. The van der Waals surface area contributed by atoms with Crippen LogP contribution in [0.1, 0.15) is 42.7 Å². The number of aromatic nitrogens is 1. The minimum absolute atomic E-state index is 0.0822. The van der Waals surface area contributed by atoms with Crippen LogP contribution >= 0.6 is 11.3 Å². The van der Waals surface area contributed by atoms with Gasteiger partial charge in [-0.05, 0) is 12.5 Å². The number of carbonyl (C=O) groups is 2. The highest BCUT2D eigenvalue weighted by molar-refractivity contribution is 7.15. The molecule has 3 rings (SSSR count). The van der Waals surface area contributed by atoms with E-state index in [2.05, 4.69) is 46.6 Å². The van der Waals surface area contributed by atoms with Crippen molar-refractivity contribution < 1.29 is 9.59 Å². The molecule has 1 aromatic carbocycles. The fourth-order valence-electron chi connectivity index (χ4n) is 2.36. The first kappa shape index (κ1) is 19.8. The first-order chi connectivity index (χ1) is 12.5. The minimum Gasteiger partial charge on any atom is -0.297 e. The van der Waals surface area contributed by atoms with Crippen molar-refractivity contribution in [3.63, 3.8) is 0 Å². The van der Waals surface area contributed by atoms with Crippen LogP contribution in [0.2, 0.25) is 0 Å². The van der Waals surface area contributed by atoms with Gasteiger partial charge in [0.1, 0.15) is 5.71 Å². The lowest BCUT2D eigenvalue weighted by atomic mass is 10.1. The molecule has 1 aromatic heterocycles. The summed E-state index contributed by atoms with van der Waals surface area (Å²) in [5.74, 6) is -0.383. The molecular formula is C19H24N4O2S. The SMILES string of the molecule is CC.Cc1ccc(Cc2cnc(NC(=O)C3=NN(C)C(=O)CC3)s2)cc1. The molecular weight excluding hydrogens is 348 g/mol. The second-order valence-electron chi connectivity index (χ2n) is 5.71. The van der Waals surface area contributed by atoms with Gasteiger partial charge in [0.25, 0.3) is 5.91 Å². The number of benzene rings is 1. The van der Waals surface area contributed by atoms with Gasteiger partial charge in [0.15, 0.2) is 5.13 Å². The van der Waals surface area contributed by atoms with Crippen molar-refractivity contribution in [1.29, 1.82) is 0 Å². The third kappa shape index (κ3) is 5.23. The Kier molecular flexibility index (Phi) is 7.03. The van der Waals surface area contributed by atoms with Crippen LogP contribution in [0.3, 0.4) is 0 Å². The Morgan fingerprint density at radius 2 is 1.92 bits per heavy atom. The molecule has 138 valence electrons. The van der Waals surface area contributed by atoms with Crippen LogP contribution < -0.4 is 5.32 Å². The third-order valence-electron chi connectivity index (χ3n) is 3.74. The first-order valence-electron chi connectivity index (χ1n) is 8.67. The average Bonchev–Trinajstić information content (AvgIpc) is 3.08. The Bertz CT molecular complexity index is 796. The molecule has 0 bridgehead atoms. The molecule has 0 atom stereocenters. The molecule has 0 aliphatic carbocycles. The molecule has 0 saturated carbocycles. The Labute approximate surface area is 157 Å². The summed E-state index contributed by atoms with van der Waals surface area (Å²) in [6.07, 6.45) is 3.22. The van der Waals surface area contributed by atoms with Gasteiger partial charge in [-0.3, -0.25) is 14.9 Å². The van der Waals surface area contributed by atoms with Crippen molar-refractivity contribution in [2.24, 2.45) is 5.10 Å². The van der Waals surface area contributed by atoms with Crippen molar-refractivity contribution in [2.45, 2.75) is 40.0 Å². The van der Waals surface area contributed by atoms with Crippen LogP contribution in [-0.2, 0) is 16.0 Å². The van der Waals surface area contributed by atoms with E-state index in [0.29, 0.717) is 23.7 Å². The molecule has 1 aliphatic heterocycles. The van der Waals surface area contributed by atoms with Gasteiger partial charge in [-0.1, -0.05) is 43.7 Å². The van der Waals surface area contributed by atoms with Crippen molar-refractivity contribution in [3.8, 4) is 0 Å². The Balaban J connectivity index is 0.00000117. The van der Waals surface area contributed by atoms with E-state index >= 15 is 0 Å². The number of nitrogens with zero attached hydrogens (tertiary/aromatic N) is 3. The van der Waals surface area contributed by atoms with Crippen LogP contribution in [0, 0.1) is 6.92 Å². The summed E-state index contributed by atoms with van der Waals surface area (Å²) in [7, 11) is 1.55.